The third-order valence-electron chi connectivity index (χ3n) is 5.38. The van der Waals surface area contributed by atoms with Crippen LogP contribution in [0.4, 0.5) is 0 Å². The predicted octanol–water partition coefficient (Wildman–Crippen LogP) is 5.10. The van der Waals surface area contributed by atoms with E-state index in [4.69, 9.17) is 4.74 Å². The van der Waals surface area contributed by atoms with Gasteiger partial charge in [-0.15, -0.1) is 0 Å². The SMILES string of the molecule is CCOC1CCC(C)(CC(=O)Cc2c(C)cc(C)cc2C)CC1. The van der Waals surface area contributed by atoms with Crippen LogP contribution in [0.5, 0.6) is 0 Å². The maximum Gasteiger partial charge on any atom is 0.137 e. The molecular formula is C21H32O2. The summed E-state index contributed by atoms with van der Waals surface area (Å²) in [7, 11) is 0. The zero-order chi connectivity index (χ0) is 17.0. The van der Waals surface area contributed by atoms with Crippen LogP contribution in [0.15, 0.2) is 12.1 Å². The first-order valence-electron chi connectivity index (χ1n) is 9.03. The van der Waals surface area contributed by atoms with Gasteiger partial charge in [-0.1, -0.05) is 24.6 Å². The predicted molar refractivity (Wildman–Crippen MR) is 96.0 cm³/mol. The van der Waals surface area contributed by atoms with Crippen LogP contribution >= 0.6 is 0 Å². The van der Waals surface area contributed by atoms with Gasteiger partial charge < -0.3 is 4.74 Å². The molecule has 0 atom stereocenters. The molecule has 1 fully saturated rings. The molecule has 0 heterocycles. The highest BCUT2D eigenvalue weighted by molar-refractivity contribution is 5.82. The molecule has 2 heteroatoms. The zero-order valence-electron chi connectivity index (χ0n) is 15.5. The Balaban J connectivity index is 1.95. The lowest BCUT2D eigenvalue weighted by molar-refractivity contribution is -0.121. The maximum absolute atomic E-state index is 12.7. The van der Waals surface area contributed by atoms with Crippen molar-refractivity contribution in [1.29, 1.82) is 0 Å². The van der Waals surface area contributed by atoms with Crippen LogP contribution in [0.2, 0.25) is 0 Å². The van der Waals surface area contributed by atoms with Gasteiger partial charge in [0.25, 0.3) is 0 Å². The number of hydrogen-bond acceptors (Lipinski definition) is 2. The van der Waals surface area contributed by atoms with Crippen molar-refractivity contribution in [3.05, 3.63) is 34.4 Å². The highest BCUT2D eigenvalue weighted by Gasteiger charge is 2.33. The van der Waals surface area contributed by atoms with Gasteiger partial charge in [0.2, 0.25) is 0 Å². The Labute approximate surface area is 141 Å². The molecule has 1 saturated carbocycles. The summed E-state index contributed by atoms with van der Waals surface area (Å²) in [5.41, 5.74) is 5.17. The lowest BCUT2D eigenvalue weighted by Gasteiger charge is -2.37. The van der Waals surface area contributed by atoms with Crippen molar-refractivity contribution in [1.82, 2.24) is 0 Å². The Morgan fingerprint density at radius 2 is 1.74 bits per heavy atom. The lowest BCUT2D eigenvalue weighted by Crippen LogP contribution is -2.31. The number of hydrogen-bond donors (Lipinski definition) is 0. The summed E-state index contributed by atoms with van der Waals surface area (Å²) < 4.78 is 5.73. The standard InChI is InChI=1S/C21H32O2/c1-6-23-19-7-9-21(5,10-8-19)14-18(22)13-20-16(3)11-15(2)12-17(20)4/h11-12,19H,6-10,13-14H2,1-5H3. The third kappa shape index (κ3) is 4.91. The second-order valence-corrected chi connectivity index (χ2v) is 7.73. The monoisotopic (exact) mass is 316 g/mol. The minimum absolute atomic E-state index is 0.164. The van der Waals surface area contributed by atoms with Gasteiger partial charge >= 0.3 is 0 Å². The number of carbonyl (C=O) groups excluding carboxylic acids is 1. The molecule has 0 spiro atoms. The summed E-state index contributed by atoms with van der Waals surface area (Å²) in [6.07, 6.45) is 6.11. The summed E-state index contributed by atoms with van der Waals surface area (Å²) in [5, 5.41) is 0. The maximum atomic E-state index is 12.7. The Bertz CT molecular complexity index is 528. The van der Waals surface area contributed by atoms with Crippen LogP contribution in [0.1, 0.15) is 68.2 Å². The molecule has 2 nitrogen and oxygen atoms in total. The van der Waals surface area contributed by atoms with Gasteiger partial charge in [-0.3, -0.25) is 4.79 Å². The molecule has 0 aliphatic heterocycles. The number of ketones is 1. The molecule has 1 aliphatic carbocycles. The second-order valence-electron chi connectivity index (χ2n) is 7.73. The molecular weight excluding hydrogens is 284 g/mol. The summed E-state index contributed by atoms with van der Waals surface area (Å²) in [6.45, 7) is 11.5. The van der Waals surface area contributed by atoms with Crippen molar-refractivity contribution in [2.24, 2.45) is 5.41 Å². The van der Waals surface area contributed by atoms with Crippen molar-refractivity contribution in [2.75, 3.05) is 6.61 Å². The van der Waals surface area contributed by atoms with Gasteiger partial charge in [0.15, 0.2) is 0 Å². The Morgan fingerprint density at radius 3 is 2.26 bits per heavy atom. The average molecular weight is 316 g/mol. The molecule has 0 unspecified atom stereocenters. The van der Waals surface area contributed by atoms with Gasteiger partial charge in [0, 0.05) is 19.4 Å². The van der Waals surface area contributed by atoms with E-state index in [-0.39, 0.29) is 5.41 Å². The van der Waals surface area contributed by atoms with Gasteiger partial charge in [-0.05, 0) is 75.5 Å². The van der Waals surface area contributed by atoms with Crippen LogP contribution in [0.3, 0.4) is 0 Å². The number of ether oxygens (including phenoxy) is 1. The summed E-state index contributed by atoms with van der Waals surface area (Å²) in [6, 6.07) is 4.37. The van der Waals surface area contributed by atoms with Crippen molar-refractivity contribution in [2.45, 2.75) is 79.2 Å². The van der Waals surface area contributed by atoms with Crippen LogP contribution in [-0.2, 0) is 16.0 Å². The Hall–Kier alpha value is -1.15. The van der Waals surface area contributed by atoms with Crippen molar-refractivity contribution in [3.8, 4) is 0 Å². The van der Waals surface area contributed by atoms with E-state index < -0.39 is 0 Å². The lowest BCUT2D eigenvalue weighted by atomic mass is 9.71. The van der Waals surface area contributed by atoms with E-state index in [1.165, 1.54) is 22.3 Å². The fourth-order valence-electron chi connectivity index (χ4n) is 4.09. The minimum atomic E-state index is 0.164. The van der Waals surface area contributed by atoms with E-state index in [9.17, 15) is 4.79 Å². The Morgan fingerprint density at radius 1 is 1.17 bits per heavy atom. The quantitative estimate of drug-likeness (QED) is 0.730. The van der Waals surface area contributed by atoms with Crippen molar-refractivity contribution < 1.29 is 9.53 Å². The van der Waals surface area contributed by atoms with Crippen LogP contribution in [-0.4, -0.2) is 18.5 Å². The first kappa shape index (κ1) is 18.2. The van der Waals surface area contributed by atoms with Gasteiger partial charge in [-0.2, -0.15) is 0 Å². The van der Waals surface area contributed by atoms with E-state index in [0.29, 0.717) is 24.7 Å². The van der Waals surface area contributed by atoms with Gasteiger partial charge in [0.1, 0.15) is 5.78 Å². The largest absolute Gasteiger partial charge is 0.379 e. The first-order chi connectivity index (χ1) is 10.8. The molecule has 23 heavy (non-hydrogen) atoms. The number of aryl methyl sites for hydroxylation is 3. The molecule has 1 aromatic carbocycles. The molecule has 128 valence electrons. The summed E-state index contributed by atoms with van der Waals surface area (Å²) in [5.74, 6) is 0.386. The molecule has 0 aromatic heterocycles. The average Bonchev–Trinajstić information content (AvgIpc) is 2.45. The molecule has 0 bridgehead atoms. The summed E-state index contributed by atoms with van der Waals surface area (Å²) in [4.78, 5) is 12.7. The van der Waals surface area contributed by atoms with E-state index >= 15 is 0 Å². The highest BCUT2D eigenvalue weighted by atomic mass is 16.5. The molecule has 0 radical (unpaired) electrons. The number of Topliss-reactive ketones (excluding diaryl/α,β-unsaturated/α-hetero) is 1. The number of benzene rings is 1. The first-order valence-corrected chi connectivity index (χ1v) is 9.03. The minimum Gasteiger partial charge on any atom is -0.379 e. The molecule has 1 aliphatic rings. The zero-order valence-corrected chi connectivity index (χ0v) is 15.5. The molecule has 0 amide bonds. The fourth-order valence-corrected chi connectivity index (χ4v) is 4.09. The third-order valence-corrected chi connectivity index (χ3v) is 5.38. The van der Waals surface area contributed by atoms with Crippen molar-refractivity contribution in [3.63, 3.8) is 0 Å². The molecule has 0 N–H and O–H groups in total. The molecule has 2 rings (SSSR count). The highest BCUT2D eigenvalue weighted by Crippen LogP contribution is 2.40. The number of carbonyl (C=O) groups is 1. The second kappa shape index (κ2) is 7.61. The van der Waals surface area contributed by atoms with E-state index in [2.05, 4.69) is 46.8 Å². The summed E-state index contributed by atoms with van der Waals surface area (Å²) >= 11 is 0. The van der Waals surface area contributed by atoms with Crippen LogP contribution in [0.25, 0.3) is 0 Å². The van der Waals surface area contributed by atoms with Crippen LogP contribution < -0.4 is 0 Å². The number of rotatable bonds is 6. The van der Waals surface area contributed by atoms with E-state index in [1.807, 2.05) is 0 Å². The van der Waals surface area contributed by atoms with Gasteiger partial charge in [-0.25, -0.2) is 0 Å². The normalized spacial score (nSPS) is 24.7. The van der Waals surface area contributed by atoms with Crippen molar-refractivity contribution >= 4 is 5.78 Å². The van der Waals surface area contributed by atoms with E-state index in [1.54, 1.807) is 0 Å². The smallest absolute Gasteiger partial charge is 0.137 e. The molecule has 1 aromatic rings. The molecule has 0 saturated heterocycles. The Kier molecular flexibility index (Phi) is 6.02. The topological polar surface area (TPSA) is 26.3 Å². The fraction of sp³-hybridized carbons (Fsp3) is 0.667. The van der Waals surface area contributed by atoms with Gasteiger partial charge in [0.05, 0.1) is 6.10 Å². The van der Waals surface area contributed by atoms with Crippen LogP contribution in [0, 0.1) is 26.2 Å². The van der Waals surface area contributed by atoms with E-state index in [0.717, 1.165) is 32.3 Å².